The third-order valence-corrected chi connectivity index (χ3v) is 9.70. The lowest BCUT2D eigenvalue weighted by molar-refractivity contribution is 0.230. The third kappa shape index (κ3) is 6.81. The summed E-state index contributed by atoms with van der Waals surface area (Å²) in [5, 5.41) is 3.12. The summed E-state index contributed by atoms with van der Waals surface area (Å²) in [6, 6.07) is 27.1. The largest absolute Gasteiger partial charge is 0.337 e. The molecule has 11 heteroatoms. The number of hydrogen-bond donors (Lipinski definition) is 1. The van der Waals surface area contributed by atoms with Gasteiger partial charge in [-0.2, -0.15) is 0 Å². The lowest BCUT2D eigenvalue weighted by atomic mass is 10.0. The zero-order valence-electron chi connectivity index (χ0n) is 27.5. The van der Waals surface area contributed by atoms with Crippen LogP contribution in [0.4, 0.5) is 19.3 Å². The van der Waals surface area contributed by atoms with Crippen molar-refractivity contribution in [1.82, 2.24) is 18.9 Å². The number of carbonyl (C=O) groups excluding carboxylic acids is 1. The van der Waals surface area contributed by atoms with E-state index in [9.17, 15) is 14.4 Å². The van der Waals surface area contributed by atoms with Crippen LogP contribution in [0.1, 0.15) is 22.3 Å². The fourth-order valence-electron chi connectivity index (χ4n) is 5.78. The van der Waals surface area contributed by atoms with E-state index in [2.05, 4.69) is 16.3 Å². The smallest absolute Gasteiger partial charge is 0.331 e. The van der Waals surface area contributed by atoms with Crippen LogP contribution in [0.25, 0.3) is 26.3 Å². The van der Waals surface area contributed by atoms with E-state index in [4.69, 9.17) is 0 Å². The number of aryl methyl sites for hydroxylation is 1. The number of benzene rings is 4. The monoisotopic (exact) mass is 679 g/mol. The van der Waals surface area contributed by atoms with Gasteiger partial charge in [0.25, 0.3) is 5.56 Å². The van der Waals surface area contributed by atoms with Crippen LogP contribution in [-0.4, -0.2) is 46.1 Å². The Hall–Kier alpha value is -5.39. The van der Waals surface area contributed by atoms with Gasteiger partial charge in [0.1, 0.15) is 16.5 Å². The highest BCUT2D eigenvalue weighted by Crippen LogP contribution is 2.39. The first-order valence-corrected chi connectivity index (χ1v) is 16.5. The number of thiophene rings is 1. The average Bonchev–Trinajstić information content (AvgIpc) is 3.45. The number of halogens is 2. The molecule has 6 aromatic rings. The highest BCUT2D eigenvalue weighted by molar-refractivity contribution is 7.22. The standard InChI is InChI=1S/C38H35F2N5O3S/c1-24-11-8-9-12-26(24)21-43(4)22-30-33-35(46)45(28-13-6-5-7-14-28)38(48)44(23-29-31(39)15-10-16-32(29)40)36(33)49-34(30)25-17-19-27(20-18-25)41-37(47)42(2)3/h5-20H,21-23H2,1-4H3,(H,41,47). The van der Waals surface area contributed by atoms with Crippen LogP contribution in [0.2, 0.25) is 0 Å². The number of rotatable bonds is 9. The molecular formula is C38H35F2N5O3S. The normalized spacial score (nSPS) is 11.3. The van der Waals surface area contributed by atoms with Crippen molar-refractivity contribution in [1.29, 1.82) is 0 Å². The minimum Gasteiger partial charge on any atom is -0.331 e. The van der Waals surface area contributed by atoms with Gasteiger partial charge in [-0.05, 0) is 72.6 Å². The Balaban J connectivity index is 1.60. The van der Waals surface area contributed by atoms with Gasteiger partial charge in [-0.15, -0.1) is 11.3 Å². The maximum Gasteiger partial charge on any atom is 0.337 e. The van der Waals surface area contributed by atoms with Gasteiger partial charge in [-0.3, -0.25) is 14.3 Å². The molecule has 1 N–H and O–H groups in total. The summed E-state index contributed by atoms with van der Waals surface area (Å²) in [6.07, 6.45) is 0. The molecule has 0 unspecified atom stereocenters. The van der Waals surface area contributed by atoms with Crippen molar-refractivity contribution in [3.63, 3.8) is 0 Å². The van der Waals surface area contributed by atoms with E-state index in [1.807, 2.05) is 44.3 Å². The number of aromatic nitrogens is 2. The first kappa shape index (κ1) is 33.5. The molecule has 0 bridgehead atoms. The lowest BCUT2D eigenvalue weighted by Gasteiger charge is -2.19. The summed E-state index contributed by atoms with van der Waals surface area (Å²) >= 11 is 1.23. The topological polar surface area (TPSA) is 79.6 Å². The Morgan fingerprint density at radius 2 is 1.45 bits per heavy atom. The summed E-state index contributed by atoms with van der Waals surface area (Å²) in [5.41, 5.74) is 3.11. The van der Waals surface area contributed by atoms with Crippen LogP contribution < -0.4 is 16.6 Å². The number of urea groups is 1. The van der Waals surface area contributed by atoms with Gasteiger partial charge in [0.2, 0.25) is 0 Å². The number of fused-ring (bicyclic) bond motifs is 1. The van der Waals surface area contributed by atoms with E-state index in [-0.39, 0.29) is 11.6 Å². The first-order valence-electron chi connectivity index (χ1n) is 15.6. The molecule has 8 nitrogen and oxygen atoms in total. The van der Waals surface area contributed by atoms with Crippen molar-refractivity contribution in [2.24, 2.45) is 0 Å². The molecule has 0 saturated heterocycles. The summed E-state index contributed by atoms with van der Waals surface area (Å²) in [5.74, 6) is -1.58. The summed E-state index contributed by atoms with van der Waals surface area (Å²) in [7, 11) is 5.26. The van der Waals surface area contributed by atoms with Gasteiger partial charge in [-0.1, -0.05) is 60.7 Å². The number of para-hydroxylation sites is 1. The molecule has 2 heterocycles. The van der Waals surface area contributed by atoms with Crippen LogP contribution in [-0.2, 0) is 19.6 Å². The van der Waals surface area contributed by atoms with E-state index in [0.717, 1.165) is 38.3 Å². The average molecular weight is 680 g/mol. The maximum absolute atomic E-state index is 15.0. The Morgan fingerprint density at radius 1 is 0.796 bits per heavy atom. The van der Waals surface area contributed by atoms with Gasteiger partial charge >= 0.3 is 11.7 Å². The minimum atomic E-state index is -0.789. The van der Waals surface area contributed by atoms with Crippen LogP contribution in [0.5, 0.6) is 0 Å². The molecule has 49 heavy (non-hydrogen) atoms. The SMILES string of the molecule is Cc1ccccc1CN(C)Cc1c(-c2ccc(NC(=O)N(C)C)cc2)sc2c1c(=O)n(-c1ccccc1)c(=O)n2Cc1c(F)cccc1F. The molecule has 4 aromatic carbocycles. The van der Waals surface area contributed by atoms with Crippen molar-refractivity contribution < 1.29 is 13.6 Å². The molecule has 0 fully saturated rings. The molecule has 0 aliphatic heterocycles. The zero-order chi connectivity index (χ0) is 34.8. The fourth-order valence-corrected chi connectivity index (χ4v) is 7.09. The fraction of sp³-hybridized carbons (Fsp3) is 0.184. The van der Waals surface area contributed by atoms with E-state index < -0.39 is 29.4 Å². The second kappa shape index (κ2) is 14.0. The van der Waals surface area contributed by atoms with E-state index in [1.54, 1.807) is 56.6 Å². The first-order chi connectivity index (χ1) is 23.5. The minimum absolute atomic E-state index is 0.279. The highest BCUT2D eigenvalue weighted by Gasteiger charge is 2.26. The second-order valence-electron chi connectivity index (χ2n) is 12.1. The number of amides is 2. The third-order valence-electron chi connectivity index (χ3n) is 8.40. The van der Waals surface area contributed by atoms with Gasteiger partial charge in [0, 0.05) is 43.3 Å². The number of carbonyl (C=O) groups is 1. The number of nitrogens with zero attached hydrogens (tertiary/aromatic N) is 4. The van der Waals surface area contributed by atoms with Gasteiger partial charge in [-0.25, -0.2) is 22.9 Å². The number of nitrogens with one attached hydrogen (secondary N) is 1. The van der Waals surface area contributed by atoms with Gasteiger partial charge in [0.05, 0.1) is 17.6 Å². The van der Waals surface area contributed by atoms with Crippen LogP contribution in [0.3, 0.4) is 0 Å². The molecule has 0 saturated carbocycles. The molecule has 0 radical (unpaired) electrons. The maximum atomic E-state index is 15.0. The predicted molar refractivity (Wildman–Crippen MR) is 192 cm³/mol. The summed E-state index contributed by atoms with van der Waals surface area (Å²) in [6.45, 7) is 2.55. The lowest BCUT2D eigenvalue weighted by Crippen LogP contribution is -2.39. The van der Waals surface area contributed by atoms with Crippen LogP contribution in [0, 0.1) is 18.6 Å². The summed E-state index contributed by atoms with van der Waals surface area (Å²) < 4.78 is 32.5. The molecule has 2 aromatic heterocycles. The van der Waals surface area contributed by atoms with Crippen molar-refractivity contribution in [2.75, 3.05) is 26.5 Å². The van der Waals surface area contributed by atoms with Gasteiger partial charge < -0.3 is 10.2 Å². The summed E-state index contributed by atoms with van der Waals surface area (Å²) in [4.78, 5) is 45.6. The molecule has 0 atom stereocenters. The predicted octanol–water partition coefficient (Wildman–Crippen LogP) is 7.24. The van der Waals surface area contributed by atoms with Crippen molar-refractivity contribution in [3.8, 4) is 16.1 Å². The van der Waals surface area contributed by atoms with Crippen LogP contribution >= 0.6 is 11.3 Å². The molecule has 250 valence electrons. The zero-order valence-corrected chi connectivity index (χ0v) is 28.4. The van der Waals surface area contributed by atoms with Crippen molar-refractivity contribution >= 4 is 33.3 Å². The highest BCUT2D eigenvalue weighted by atomic mass is 32.1. The molecular weight excluding hydrogens is 645 g/mol. The second-order valence-corrected chi connectivity index (χ2v) is 13.1. The quantitative estimate of drug-likeness (QED) is 0.175. The van der Waals surface area contributed by atoms with Crippen molar-refractivity contribution in [2.45, 2.75) is 26.6 Å². The number of hydrogen-bond acceptors (Lipinski definition) is 5. The van der Waals surface area contributed by atoms with Crippen molar-refractivity contribution in [3.05, 3.63) is 152 Å². The Bertz CT molecular complexity index is 2260. The molecule has 2 amide bonds. The molecule has 0 aliphatic carbocycles. The number of anilines is 1. The molecule has 0 spiro atoms. The van der Waals surface area contributed by atoms with E-state index in [0.29, 0.717) is 40.2 Å². The van der Waals surface area contributed by atoms with Crippen LogP contribution in [0.15, 0.2) is 107 Å². The Kier molecular flexibility index (Phi) is 9.57. The molecule has 6 rings (SSSR count). The Labute approximate surface area is 286 Å². The molecule has 0 aliphatic rings. The van der Waals surface area contributed by atoms with Gasteiger partial charge in [0.15, 0.2) is 0 Å². The Morgan fingerprint density at radius 3 is 2.10 bits per heavy atom. The van der Waals surface area contributed by atoms with E-state index in [1.165, 1.54) is 26.9 Å². The van der Waals surface area contributed by atoms with E-state index >= 15 is 8.78 Å².